The van der Waals surface area contributed by atoms with Crippen molar-refractivity contribution in [1.29, 1.82) is 5.41 Å². The Kier molecular flexibility index (Phi) is 2.74. The SMILES string of the molecule is Cc1ccccc1-c1cc(=N)n2c(n1)CCCC2. The molecule has 1 aromatic heterocycles. The third-order valence-electron chi connectivity index (χ3n) is 3.58. The molecule has 3 rings (SSSR count). The third-order valence-corrected chi connectivity index (χ3v) is 3.58. The van der Waals surface area contributed by atoms with Gasteiger partial charge in [0.25, 0.3) is 0 Å². The van der Waals surface area contributed by atoms with Crippen LogP contribution in [0.5, 0.6) is 0 Å². The molecule has 1 aliphatic heterocycles. The largest absolute Gasteiger partial charge is 0.315 e. The predicted molar refractivity (Wildman–Crippen MR) is 71.2 cm³/mol. The van der Waals surface area contributed by atoms with Crippen LogP contribution in [0, 0.1) is 12.3 Å². The Labute approximate surface area is 107 Å². The summed E-state index contributed by atoms with van der Waals surface area (Å²) in [7, 11) is 0. The lowest BCUT2D eigenvalue weighted by Crippen LogP contribution is -2.28. The number of hydrogen-bond donors (Lipinski definition) is 1. The second-order valence-electron chi connectivity index (χ2n) is 4.87. The number of benzene rings is 1. The average molecular weight is 239 g/mol. The lowest BCUT2D eigenvalue weighted by Gasteiger charge is -2.19. The normalized spacial score (nSPS) is 14.3. The van der Waals surface area contributed by atoms with Gasteiger partial charge in [-0.1, -0.05) is 24.3 Å². The van der Waals surface area contributed by atoms with Crippen molar-refractivity contribution in [3.63, 3.8) is 0 Å². The Bertz CT molecular complexity index is 640. The van der Waals surface area contributed by atoms with E-state index in [2.05, 4.69) is 19.1 Å². The van der Waals surface area contributed by atoms with Crippen molar-refractivity contribution < 1.29 is 0 Å². The Morgan fingerprint density at radius 1 is 1.22 bits per heavy atom. The van der Waals surface area contributed by atoms with E-state index in [0.717, 1.165) is 36.5 Å². The minimum absolute atomic E-state index is 0.581. The van der Waals surface area contributed by atoms with Gasteiger partial charge in [-0.25, -0.2) is 4.98 Å². The topological polar surface area (TPSA) is 41.7 Å². The van der Waals surface area contributed by atoms with E-state index in [-0.39, 0.29) is 0 Å². The first kappa shape index (κ1) is 11.2. The molecule has 0 fully saturated rings. The number of aryl methyl sites for hydroxylation is 2. The molecule has 2 aromatic rings. The van der Waals surface area contributed by atoms with Gasteiger partial charge in [0.05, 0.1) is 5.69 Å². The predicted octanol–water partition coefficient (Wildman–Crippen LogP) is 2.67. The monoisotopic (exact) mass is 239 g/mol. The molecule has 0 spiro atoms. The molecule has 0 radical (unpaired) electrons. The molecule has 0 atom stereocenters. The molecule has 18 heavy (non-hydrogen) atoms. The molecule has 0 bridgehead atoms. The van der Waals surface area contributed by atoms with Gasteiger partial charge in [0.1, 0.15) is 11.3 Å². The van der Waals surface area contributed by atoms with E-state index in [9.17, 15) is 0 Å². The number of nitrogens with zero attached hydrogens (tertiary/aromatic N) is 2. The highest BCUT2D eigenvalue weighted by Crippen LogP contribution is 2.21. The molecule has 1 aromatic carbocycles. The van der Waals surface area contributed by atoms with E-state index in [0.29, 0.717) is 5.49 Å². The summed E-state index contributed by atoms with van der Waals surface area (Å²) in [6.07, 6.45) is 3.34. The Morgan fingerprint density at radius 3 is 2.89 bits per heavy atom. The molecular formula is C15H17N3. The molecule has 0 aliphatic carbocycles. The molecule has 0 saturated carbocycles. The van der Waals surface area contributed by atoms with Crippen molar-refractivity contribution in [3.8, 4) is 11.3 Å². The molecule has 1 aliphatic rings. The van der Waals surface area contributed by atoms with Crippen molar-refractivity contribution in [1.82, 2.24) is 9.55 Å². The summed E-state index contributed by atoms with van der Waals surface area (Å²) >= 11 is 0. The number of nitrogens with one attached hydrogen (secondary N) is 1. The maximum Gasteiger partial charge on any atom is 0.128 e. The number of rotatable bonds is 1. The van der Waals surface area contributed by atoms with Crippen LogP contribution in [0.15, 0.2) is 30.3 Å². The lowest BCUT2D eigenvalue weighted by molar-refractivity contribution is 0.489. The molecule has 0 unspecified atom stereocenters. The average Bonchev–Trinajstić information content (AvgIpc) is 2.39. The van der Waals surface area contributed by atoms with Gasteiger partial charge in [-0.2, -0.15) is 0 Å². The van der Waals surface area contributed by atoms with Crippen molar-refractivity contribution in [2.45, 2.75) is 32.7 Å². The zero-order valence-corrected chi connectivity index (χ0v) is 10.6. The molecule has 2 heterocycles. The van der Waals surface area contributed by atoms with Crippen LogP contribution in [0.2, 0.25) is 0 Å². The molecular weight excluding hydrogens is 222 g/mol. The minimum Gasteiger partial charge on any atom is -0.315 e. The zero-order chi connectivity index (χ0) is 12.5. The van der Waals surface area contributed by atoms with Gasteiger partial charge in [0.15, 0.2) is 0 Å². The quantitative estimate of drug-likeness (QED) is 0.816. The summed E-state index contributed by atoms with van der Waals surface area (Å²) in [5.74, 6) is 1.06. The maximum absolute atomic E-state index is 8.13. The fourth-order valence-electron chi connectivity index (χ4n) is 2.57. The highest BCUT2D eigenvalue weighted by atomic mass is 15.1. The van der Waals surface area contributed by atoms with Crippen molar-refractivity contribution in [2.75, 3.05) is 0 Å². The number of fused-ring (bicyclic) bond motifs is 1. The maximum atomic E-state index is 8.13. The fourth-order valence-corrected chi connectivity index (χ4v) is 2.57. The van der Waals surface area contributed by atoms with Crippen LogP contribution in [-0.2, 0) is 13.0 Å². The summed E-state index contributed by atoms with van der Waals surface area (Å²) in [5.41, 5.74) is 3.87. The van der Waals surface area contributed by atoms with E-state index >= 15 is 0 Å². The second kappa shape index (κ2) is 4.41. The van der Waals surface area contributed by atoms with Gasteiger partial charge in [0, 0.05) is 24.6 Å². The summed E-state index contributed by atoms with van der Waals surface area (Å²) in [6.45, 7) is 3.03. The lowest BCUT2D eigenvalue weighted by atomic mass is 10.0. The first-order valence-corrected chi connectivity index (χ1v) is 6.47. The van der Waals surface area contributed by atoms with Gasteiger partial charge in [-0.05, 0) is 25.3 Å². The molecule has 0 saturated heterocycles. The second-order valence-corrected chi connectivity index (χ2v) is 4.87. The van der Waals surface area contributed by atoms with Gasteiger partial charge in [-0.3, -0.25) is 5.41 Å². The number of aromatic nitrogens is 2. The van der Waals surface area contributed by atoms with Crippen LogP contribution >= 0.6 is 0 Å². The van der Waals surface area contributed by atoms with E-state index in [4.69, 9.17) is 10.4 Å². The molecule has 3 nitrogen and oxygen atoms in total. The van der Waals surface area contributed by atoms with Crippen LogP contribution in [0.25, 0.3) is 11.3 Å². The van der Waals surface area contributed by atoms with Crippen LogP contribution in [-0.4, -0.2) is 9.55 Å². The van der Waals surface area contributed by atoms with Crippen LogP contribution in [0.4, 0.5) is 0 Å². The van der Waals surface area contributed by atoms with Gasteiger partial charge in [0.2, 0.25) is 0 Å². The third kappa shape index (κ3) is 1.86. The molecule has 3 heteroatoms. The summed E-state index contributed by atoms with van der Waals surface area (Å²) in [5, 5.41) is 8.13. The molecule has 1 N–H and O–H groups in total. The summed E-state index contributed by atoms with van der Waals surface area (Å²) < 4.78 is 2.03. The van der Waals surface area contributed by atoms with Gasteiger partial charge >= 0.3 is 0 Å². The van der Waals surface area contributed by atoms with Gasteiger partial charge in [-0.15, -0.1) is 0 Å². The van der Waals surface area contributed by atoms with E-state index in [1.54, 1.807) is 0 Å². The van der Waals surface area contributed by atoms with Crippen molar-refractivity contribution in [3.05, 3.63) is 47.2 Å². The summed E-state index contributed by atoms with van der Waals surface area (Å²) in [6, 6.07) is 10.1. The first-order valence-electron chi connectivity index (χ1n) is 6.47. The van der Waals surface area contributed by atoms with Gasteiger partial charge < -0.3 is 4.57 Å². The van der Waals surface area contributed by atoms with Crippen molar-refractivity contribution in [2.24, 2.45) is 0 Å². The Balaban J connectivity index is 2.17. The number of hydrogen-bond acceptors (Lipinski definition) is 2. The first-order chi connectivity index (χ1) is 8.75. The minimum atomic E-state index is 0.581. The van der Waals surface area contributed by atoms with Crippen molar-refractivity contribution >= 4 is 0 Å². The highest BCUT2D eigenvalue weighted by Gasteiger charge is 2.12. The molecule has 92 valence electrons. The van der Waals surface area contributed by atoms with Crippen LogP contribution in [0.1, 0.15) is 24.2 Å². The Morgan fingerprint density at radius 2 is 2.06 bits per heavy atom. The molecule has 0 amide bonds. The zero-order valence-electron chi connectivity index (χ0n) is 10.6. The van der Waals surface area contributed by atoms with Crippen LogP contribution in [0.3, 0.4) is 0 Å². The summed E-state index contributed by atoms with van der Waals surface area (Å²) in [4.78, 5) is 4.75. The van der Waals surface area contributed by atoms with E-state index in [1.165, 1.54) is 12.0 Å². The van der Waals surface area contributed by atoms with E-state index < -0.39 is 0 Å². The fraction of sp³-hybridized carbons (Fsp3) is 0.333. The van der Waals surface area contributed by atoms with Crippen LogP contribution < -0.4 is 5.49 Å². The smallest absolute Gasteiger partial charge is 0.128 e. The standard InChI is InChI=1S/C15H17N3/c1-11-6-2-3-7-12(11)13-10-14(16)18-9-5-4-8-15(18)17-13/h2-3,6-7,10,16H,4-5,8-9H2,1H3. The Hall–Kier alpha value is -1.90. The highest BCUT2D eigenvalue weighted by molar-refractivity contribution is 5.62. The van der Waals surface area contributed by atoms with E-state index in [1.807, 2.05) is 22.8 Å².